The van der Waals surface area contributed by atoms with Gasteiger partial charge in [0.05, 0.1) is 6.61 Å². The Kier molecular flexibility index (Phi) is 5.85. The molecular formula is C22H24FN3O4. The van der Waals surface area contributed by atoms with Gasteiger partial charge in [-0.25, -0.2) is 9.18 Å². The number of likely N-dealkylation sites (tertiary alicyclic amines) is 1. The summed E-state index contributed by atoms with van der Waals surface area (Å²) in [5, 5.41) is 12.6. The Bertz CT molecular complexity index is 1040. The van der Waals surface area contributed by atoms with Crippen LogP contribution >= 0.6 is 0 Å². The van der Waals surface area contributed by atoms with E-state index in [4.69, 9.17) is 9.15 Å². The molecule has 1 aromatic heterocycles. The number of benzene rings is 2. The topological polar surface area (TPSA) is 87.8 Å². The molecule has 3 aromatic rings. The Hall–Kier alpha value is -3.13. The minimum Gasteiger partial charge on any atom is -0.491 e. The first kappa shape index (κ1) is 20.2. The summed E-state index contributed by atoms with van der Waals surface area (Å²) in [5.74, 6) is -1.08. The SMILES string of the molecule is CCOc1cc(CN2CCC(Nc3nc4cccc(C(=O)O)c4o3)CC2)ccc1F. The summed E-state index contributed by atoms with van der Waals surface area (Å²) in [7, 11) is 0. The molecule has 0 spiro atoms. The van der Waals surface area contributed by atoms with Crippen molar-refractivity contribution < 1.29 is 23.4 Å². The zero-order valence-electron chi connectivity index (χ0n) is 16.7. The zero-order chi connectivity index (χ0) is 21.1. The van der Waals surface area contributed by atoms with Crippen molar-refractivity contribution >= 4 is 23.1 Å². The van der Waals surface area contributed by atoms with Crippen molar-refractivity contribution in [2.45, 2.75) is 32.4 Å². The van der Waals surface area contributed by atoms with E-state index in [2.05, 4.69) is 15.2 Å². The van der Waals surface area contributed by atoms with E-state index in [1.807, 2.05) is 6.92 Å². The third kappa shape index (κ3) is 4.38. The van der Waals surface area contributed by atoms with Crippen LogP contribution < -0.4 is 10.1 Å². The first-order valence-corrected chi connectivity index (χ1v) is 10.1. The normalized spacial score (nSPS) is 15.4. The summed E-state index contributed by atoms with van der Waals surface area (Å²) in [6.45, 7) is 4.75. The lowest BCUT2D eigenvalue weighted by atomic mass is 10.0. The van der Waals surface area contributed by atoms with E-state index >= 15 is 0 Å². The minimum absolute atomic E-state index is 0.105. The highest BCUT2D eigenvalue weighted by atomic mass is 19.1. The summed E-state index contributed by atoms with van der Waals surface area (Å²) in [4.78, 5) is 18.0. The standard InChI is InChI=1S/C22H24FN3O4/c1-2-29-19-12-14(6-7-17(19)23)13-26-10-8-15(9-11-26)24-22-25-18-5-3-4-16(21(27)28)20(18)30-22/h3-7,12,15H,2,8-11,13H2,1H3,(H,24,25)(H,27,28). The fourth-order valence-corrected chi connectivity index (χ4v) is 3.76. The molecule has 0 radical (unpaired) electrons. The monoisotopic (exact) mass is 413 g/mol. The molecule has 1 aliphatic rings. The zero-order valence-corrected chi connectivity index (χ0v) is 16.7. The van der Waals surface area contributed by atoms with Gasteiger partial charge in [0.2, 0.25) is 0 Å². The van der Waals surface area contributed by atoms with Crippen LogP contribution in [0.1, 0.15) is 35.7 Å². The number of nitrogens with one attached hydrogen (secondary N) is 1. The van der Waals surface area contributed by atoms with E-state index in [1.165, 1.54) is 12.1 Å². The van der Waals surface area contributed by atoms with Crippen molar-refractivity contribution in [2.75, 3.05) is 25.0 Å². The Balaban J connectivity index is 1.35. The van der Waals surface area contributed by atoms with Gasteiger partial charge in [-0.3, -0.25) is 4.90 Å². The number of fused-ring (bicyclic) bond motifs is 1. The Morgan fingerprint density at radius 2 is 2.13 bits per heavy atom. The quantitative estimate of drug-likeness (QED) is 0.602. The number of hydrogen-bond acceptors (Lipinski definition) is 6. The number of piperidine rings is 1. The number of halogens is 1. The van der Waals surface area contributed by atoms with Gasteiger partial charge in [0.15, 0.2) is 17.1 Å². The number of nitrogens with zero attached hydrogens (tertiary/aromatic N) is 2. The third-order valence-electron chi connectivity index (χ3n) is 5.26. The highest BCUT2D eigenvalue weighted by Gasteiger charge is 2.22. The second kappa shape index (κ2) is 8.71. The molecule has 158 valence electrons. The molecular weight excluding hydrogens is 389 g/mol. The maximum Gasteiger partial charge on any atom is 0.339 e. The third-order valence-corrected chi connectivity index (χ3v) is 5.26. The molecule has 0 aliphatic carbocycles. The first-order chi connectivity index (χ1) is 14.5. The molecule has 30 heavy (non-hydrogen) atoms. The first-order valence-electron chi connectivity index (χ1n) is 10.1. The molecule has 0 amide bonds. The number of carboxylic acid groups (broad SMARTS) is 1. The van der Waals surface area contributed by atoms with Crippen molar-refractivity contribution in [2.24, 2.45) is 0 Å². The van der Waals surface area contributed by atoms with Crippen molar-refractivity contribution in [3.8, 4) is 5.75 Å². The highest BCUT2D eigenvalue weighted by Crippen LogP contribution is 2.25. The number of oxazole rings is 1. The molecule has 0 unspecified atom stereocenters. The summed E-state index contributed by atoms with van der Waals surface area (Å²) < 4.78 is 24.8. The lowest BCUT2D eigenvalue weighted by molar-refractivity contribution is 0.0698. The van der Waals surface area contributed by atoms with Crippen LogP contribution in [0.2, 0.25) is 0 Å². The molecule has 1 fully saturated rings. The number of ether oxygens (including phenoxy) is 1. The number of hydrogen-bond donors (Lipinski definition) is 2. The van der Waals surface area contributed by atoms with Gasteiger partial charge in [0.1, 0.15) is 11.1 Å². The van der Waals surface area contributed by atoms with Gasteiger partial charge in [-0.05, 0) is 49.6 Å². The van der Waals surface area contributed by atoms with Gasteiger partial charge >= 0.3 is 5.97 Å². The van der Waals surface area contributed by atoms with Gasteiger partial charge in [0.25, 0.3) is 6.01 Å². The second-order valence-electron chi connectivity index (χ2n) is 7.37. The average molecular weight is 413 g/mol. The molecule has 0 bridgehead atoms. The molecule has 1 aliphatic heterocycles. The fraction of sp³-hybridized carbons (Fsp3) is 0.364. The molecule has 8 heteroatoms. The van der Waals surface area contributed by atoms with Crippen LogP contribution in [-0.2, 0) is 6.54 Å². The van der Waals surface area contributed by atoms with Gasteiger partial charge < -0.3 is 19.6 Å². The van der Waals surface area contributed by atoms with E-state index < -0.39 is 5.97 Å². The van der Waals surface area contributed by atoms with E-state index in [0.29, 0.717) is 23.9 Å². The Labute approximate surface area is 173 Å². The van der Waals surface area contributed by atoms with Crippen LogP contribution in [0.5, 0.6) is 5.75 Å². The number of para-hydroxylation sites is 1. The summed E-state index contributed by atoms with van der Waals surface area (Å²) in [5.41, 5.74) is 1.93. The van der Waals surface area contributed by atoms with Crippen LogP contribution in [0.25, 0.3) is 11.1 Å². The Morgan fingerprint density at radius 3 is 2.87 bits per heavy atom. The molecule has 2 N–H and O–H groups in total. The van der Waals surface area contributed by atoms with Crippen molar-refractivity contribution in [1.82, 2.24) is 9.88 Å². The van der Waals surface area contributed by atoms with E-state index in [-0.39, 0.29) is 23.0 Å². The predicted molar refractivity (Wildman–Crippen MR) is 110 cm³/mol. The number of aromatic carboxylic acids is 1. The molecule has 0 atom stereocenters. The summed E-state index contributed by atoms with van der Waals surface area (Å²) >= 11 is 0. The van der Waals surface area contributed by atoms with Gasteiger partial charge in [-0.15, -0.1) is 0 Å². The number of anilines is 1. The van der Waals surface area contributed by atoms with E-state index in [0.717, 1.165) is 38.0 Å². The summed E-state index contributed by atoms with van der Waals surface area (Å²) in [6.07, 6.45) is 1.79. The maximum atomic E-state index is 13.7. The average Bonchev–Trinajstić information content (AvgIpc) is 3.14. The van der Waals surface area contributed by atoms with Crippen LogP contribution in [-0.4, -0.2) is 46.7 Å². The molecule has 2 heterocycles. The van der Waals surface area contributed by atoms with Crippen molar-refractivity contribution in [3.63, 3.8) is 0 Å². The second-order valence-corrected chi connectivity index (χ2v) is 7.37. The highest BCUT2D eigenvalue weighted by molar-refractivity contribution is 6.00. The van der Waals surface area contributed by atoms with Crippen LogP contribution in [0, 0.1) is 5.82 Å². The maximum absolute atomic E-state index is 13.7. The van der Waals surface area contributed by atoms with Crippen molar-refractivity contribution in [3.05, 3.63) is 53.3 Å². The number of carbonyl (C=O) groups is 1. The summed E-state index contributed by atoms with van der Waals surface area (Å²) in [6, 6.07) is 10.4. The molecule has 7 nitrogen and oxygen atoms in total. The van der Waals surface area contributed by atoms with Gasteiger partial charge in [-0.1, -0.05) is 12.1 Å². The molecule has 4 rings (SSSR count). The number of rotatable bonds is 7. The van der Waals surface area contributed by atoms with Crippen LogP contribution in [0.4, 0.5) is 10.4 Å². The number of carboxylic acids is 1. The molecule has 2 aromatic carbocycles. The molecule has 1 saturated heterocycles. The van der Waals surface area contributed by atoms with Gasteiger partial charge in [-0.2, -0.15) is 4.98 Å². The lowest BCUT2D eigenvalue weighted by Crippen LogP contribution is -2.38. The van der Waals surface area contributed by atoms with E-state index in [1.54, 1.807) is 24.3 Å². The van der Waals surface area contributed by atoms with Crippen LogP contribution in [0.3, 0.4) is 0 Å². The van der Waals surface area contributed by atoms with Crippen LogP contribution in [0.15, 0.2) is 40.8 Å². The predicted octanol–water partition coefficient (Wildman–Crippen LogP) is 4.14. The number of aromatic nitrogens is 1. The van der Waals surface area contributed by atoms with Crippen molar-refractivity contribution in [1.29, 1.82) is 0 Å². The largest absolute Gasteiger partial charge is 0.491 e. The lowest BCUT2D eigenvalue weighted by Gasteiger charge is -2.32. The van der Waals surface area contributed by atoms with E-state index in [9.17, 15) is 14.3 Å². The van der Waals surface area contributed by atoms with Gasteiger partial charge in [0, 0.05) is 25.7 Å². The minimum atomic E-state index is -1.04. The molecule has 0 saturated carbocycles. The smallest absolute Gasteiger partial charge is 0.339 e. The fourth-order valence-electron chi connectivity index (χ4n) is 3.76. The Morgan fingerprint density at radius 1 is 1.33 bits per heavy atom.